The summed E-state index contributed by atoms with van der Waals surface area (Å²) in [6.45, 7) is 7.46. The normalized spacial score (nSPS) is 20.3. The maximum atomic E-state index is 14.4. The second kappa shape index (κ2) is 43.0. The van der Waals surface area contributed by atoms with Crippen molar-refractivity contribution in [1.82, 2.24) is 36.0 Å². The number of morpholine rings is 1. The molecular formula is C86H107N11O25. The number of para-hydroxylation sites is 1. The maximum Gasteiger partial charge on any atom is 0.409 e. The summed E-state index contributed by atoms with van der Waals surface area (Å²) in [5, 5.41) is 59.8. The molecule has 11 rings (SSSR count). The third kappa shape index (κ3) is 22.9. The number of ketones is 2. The molecule has 0 spiro atoms. The van der Waals surface area contributed by atoms with Crippen LogP contribution in [-0.4, -0.2) is 277 Å². The van der Waals surface area contributed by atoms with E-state index in [1.54, 1.807) is 49.9 Å². The van der Waals surface area contributed by atoms with Crippen LogP contribution in [-0.2, 0) is 95.7 Å². The zero-order valence-electron chi connectivity index (χ0n) is 69.3. The van der Waals surface area contributed by atoms with Crippen molar-refractivity contribution in [1.29, 1.82) is 5.41 Å². The quantitative estimate of drug-likeness (QED) is 0.0107. The third-order valence-corrected chi connectivity index (χ3v) is 21.8. The van der Waals surface area contributed by atoms with Crippen molar-refractivity contribution >= 4 is 76.4 Å². The number of rotatable bonds is 40. The summed E-state index contributed by atoms with van der Waals surface area (Å²) >= 11 is 0. The average Bonchev–Trinajstić information content (AvgIpc) is 0.752. The van der Waals surface area contributed by atoms with Gasteiger partial charge in [0.2, 0.25) is 35.3 Å². The molecule has 36 heteroatoms. The Bertz CT molecular complexity index is 4690. The Morgan fingerprint density at radius 2 is 1.39 bits per heavy atom. The van der Waals surface area contributed by atoms with Crippen molar-refractivity contribution in [2.45, 2.75) is 146 Å². The van der Waals surface area contributed by atoms with Gasteiger partial charge in [0, 0.05) is 132 Å². The molecule has 0 bridgehead atoms. The lowest BCUT2D eigenvalue weighted by molar-refractivity contribution is -0.255. The van der Waals surface area contributed by atoms with E-state index in [4.69, 9.17) is 62.6 Å². The van der Waals surface area contributed by atoms with Crippen molar-refractivity contribution in [2.24, 2.45) is 11.7 Å². The average molecular weight is 1690 g/mol. The van der Waals surface area contributed by atoms with E-state index in [2.05, 4.69) is 43.3 Å². The van der Waals surface area contributed by atoms with Gasteiger partial charge >= 0.3 is 18.2 Å². The zero-order chi connectivity index (χ0) is 87.3. The molecule has 0 aromatic heterocycles. The number of ether oxygens (including phenoxy) is 12. The Morgan fingerprint density at radius 1 is 0.721 bits per heavy atom. The molecule has 1 unspecified atom stereocenters. The number of fused-ring (bicyclic) bond motifs is 8. The minimum absolute atomic E-state index is 0.0169. The molecule has 9 amide bonds. The minimum Gasteiger partial charge on any atom is -0.507 e. The summed E-state index contributed by atoms with van der Waals surface area (Å²) < 4.78 is 69.7. The van der Waals surface area contributed by atoms with Gasteiger partial charge in [0.15, 0.2) is 24.6 Å². The zero-order valence-corrected chi connectivity index (χ0v) is 69.3. The molecule has 4 aliphatic heterocycles. The number of anilines is 2. The fourth-order valence-corrected chi connectivity index (χ4v) is 15.3. The standard InChI is InChI=1S/C86H107N11O25/c1-50(2)73(93-66(99)29-35-113-38-40-115-42-43-116-41-39-114-36-31-89-65(98)27-28-67(100)97-47-55-16-9-8-14-53(55)23-24-54-15-10-11-19-60(54)97)80(106)92-59(18-13-30-90-83(88)107)79(105)91-56-25-21-52(22-26-56)48-118-84(108)94(4)32-33-95(5)85(109)119-49-64(87)86(110)45-58-70(77(104)72-71(75(58)102)74(101)57-17-12-20-62(111-6)69(57)76(72)103)63(46-86)121-68-44-61-78(51(3)120-68)122-81-82(112-7)117-37-34-96(61)81/h8-12,14-17,19-22,25-26,50-51,59,61,63,68,73,78,81-82,87,102,104,110H,13,18,27-49H2,1-7H3,(H,89,98)(H,91,105)(H,92,106)(H,93,99)(H3,88,90,107)/t51-,59-,61-,63-,68?,73-,78+,81+,82-,86-/m0/s1. The molecule has 6 aliphatic rings. The molecular weight excluding hydrogens is 1590 g/mol. The highest BCUT2D eigenvalue weighted by Gasteiger charge is 2.55. The fourth-order valence-electron chi connectivity index (χ4n) is 15.3. The highest BCUT2D eigenvalue weighted by molar-refractivity contribution is 6.31. The number of carbonyl (C=O) groups excluding carboxylic acids is 10. The number of urea groups is 1. The first-order chi connectivity index (χ1) is 58.7. The topological polar surface area (TPSA) is 465 Å². The van der Waals surface area contributed by atoms with Gasteiger partial charge in [-0.1, -0.05) is 80.3 Å². The molecule has 11 N–H and O–H groups in total. The van der Waals surface area contributed by atoms with E-state index in [0.717, 1.165) is 21.6 Å². The fraction of sp³-hybridized carbons (Fsp3) is 0.500. The second-order valence-electron chi connectivity index (χ2n) is 30.5. The van der Waals surface area contributed by atoms with Crippen molar-refractivity contribution in [3.63, 3.8) is 0 Å². The van der Waals surface area contributed by atoms with Crippen LogP contribution in [0.1, 0.15) is 137 Å². The highest BCUT2D eigenvalue weighted by atomic mass is 16.7. The first-order valence-corrected chi connectivity index (χ1v) is 40.6. The van der Waals surface area contributed by atoms with E-state index >= 15 is 0 Å². The molecule has 36 nitrogen and oxygen atoms in total. The van der Waals surface area contributed by atoms with E-state index < -0.39 is 156 Å². The lowest BCUT2D eigenvalue weighted by atomic mass is 9.71. The molecule has 0 saturated carbocycles. The number of nitrogens with one attached hydrogen (secondary N) is 6. The summed E-state index contributed by atoms with van der Waals surface area (Å²) in [4.78, 5) is 140. The van der Waals surface area contributed by atoms with Crippen LogP contribution in [0.3, 0.4) is 0 Å². The van der Waals surface area contributed by atoms with Crippen molar-refractivity contribution in [3.05, 3.63) is 147 Å². The van der Waals surface area contributed by atoms with Gasteiger partial charge < -0.3 is 125 Å². The highest BCUT2D eigenvalue weighted by Crippen LogP contribution is 2.53. The van der Waals surface area contributed by atoms with E-state index in [9.17, 15) is 68.7 Å². The Morgan fingerprint density at radius 3 is 2.08 bits per heavy atom. The van der Waals surface area contributed by atoms with Crippen molar-refractivity contribution in [3.8, 4) is 29.1 Å². The summed E-state index contributed by atoms with van der Waals surface area (Å²) in [5.41, 5.74) is 4.95. The predicted octanol–water partition coefficient (Wildman–Crippen LogP) is 4.82. The number of aliphatic hydroxyl groups is 1. The maximum absolute atomic E-state index is 14.4. The number of phenols is 2. The Labute approximate surface area is 705 Å². The number of nitrogens with zero attached hydrogens (tertiary/aromatic N) is 4. The van der Waals surface area contributed by atoms with E-state index in [0.29, 0.717) is 43.2 Å². The lowest BCUT2D eigenvalue weighted by Gasteiger charge is -2.44. The first-order valence-electron chi connectivity index (χ1n) is 40.6. The molecule has 122 heavy (non-hydrogen) atoms. The number of methoxy groups -OCH3 is 2. The smallest absolute Gasteiger partial charge is 0.409 e. The lowest BCUT2D eigenvalue weighted by Crippen LogP contribution is -2.55. The molecule has 3 saturated heterocycles. The molecule has 0 radical (unpaired) electrons. The largest absolute Gasteiger partial charge is 0.507 e. The summed E-state index contributed by atoms with van der Waals surface area (Å²) in [6.07, 6.45) is -7.07. The number of hydrogen-bond acceptors (Lipinski definition) is 27. The van der Waals surface area contributed by atoms with Crippen LogP contribution in [0.15, 0.2) is 91.0 Å². The van der Waals surface area contributed by atoms with Crippen LogP contribution in [0.4, 0.5) is 25.8 Å². The van der Waals surface area contributed by atoms with Crippen molar-refractivity contribution < 1.29 is 120 Å². The van der Waals surface area contributed by atoms with Gasteiger partial charge in [-0.15, -0.1) is 0 Å². The van der Waals surface area contributed by atoms with Gasteiger partial charge in [-0.2, -0.15) is 0 Å². The number of hydrogen-bond donors (Lipinski definition) is 10. The molecule has 5 aromatic carbocycles. The first kappa shape index (κ1) is 91.5. The van der Waals surface area contributed by atoms with Gasteiger partial charge in [-0.25, -0.2) is 14.4 Å². The molecule has 5 aromatic rings. The Kier molecular flexibility index (Phi) is 32.3. The van der Waals surface area contributed by atoms with E-state index in [1.807, 2.05) is 48.5 Å². The van der Waals surface area contributed by atoms with E-state index in [1.165, 1.54) is 51.4 Å². The number of aromatic hydroxyl groups is 2. The van der Waals surface area contributed by atoms with Crippen LogP contribution in [0.25, 0.3) is 0 Å². The molecule has 4 heterocycles. The van der Waals surface area contributed by atoms with Crippen LogP contribution in [0.2, 0.25) is 0 Å². The predicted molar refractivity (Wildman–Crippen MR) is 437 cm³/mol. The molecule has 656 valence electrons. The monoisotopic (exact) mass is 1690 g/mol. The molecule has 3 fully saturated rings. The van der Waals surface area contributed by atoms with Crippen LogP contribution in [0.5, 0.6) is 17.2 Å². The van der Waals surface area contributed by atoms with Crippen molar-refractivity contribution in [2.75, 3.05) is 137 Å². The number of carbonyl (C=O) groups is 10. The van der Waals surface area contributed by atoms with Crippen LogP contribution >= 0.6 is 0 Å². The van der Waals surface area contributed by atoms with Gasteiger partial charge in [-0.05, 0) is 73.2 Å². The SMILES string of the molecule is COc1cccc2c1C(=O)c1c(O)c3c(c(O)c1C2=O)C[C@@](O)(C(=N)COC(=O)N(C)CCN(C)C(=O)OCc1ccc(NC(=O)[C@H](CCCNC(N)=O)NC(=O)[C@@H](NC(=O)CCOCCOCCOCCOCCNC(=O)CCC(=O)N2Cc4ccccc4C#Cc4ccccc42)C(C)C)cc1)C[C@@H]3OC1C[C@H]2[C@H](O[C@@H]3[C@@H](OC)OCCN32)[C@H](C)O1. The Balaban J connectivity index is 0.573. The second-order valence-corrected chi connectivity index (χ2v) is 30.5. The number of phenolic OH excluding ortho intramolecular Hbond substituents is 2. The number of likely N-dealkylation sites (N-methyl/N-ethyl adjacent to an activating group) is 2. The van der Waals surface area contributed by atoms with Crippen LogP contribution in [0, 0.1) is 23.2 Å². The number of nitrogens with two attached hydrogens (primary N) is 1. The summed E-state index contributed by atoms with van der Waals surface area (Å²) in [7, 11) is 5.66. The number of benzene rings is 5. The molecule has 2 aliphatic carbocycles. The van der Waals surface area contributed by atoms with Gasteiger partial charge in [-0.3, -0.25) is 38.5 Å². The number of primary amides is 1. The summed E-state index contributed by atoms with van der Waals surface area (Å²) in [6, 6.07) is 22.6. The van der Waals surface area contributed by atoms with E-state index in [-0.39, 0.29) is 163 Å². The molecule has 10 atom stereocenters. The minimum atomic E-state index is -2.28. The van der Waals surface area contributed by atoms with Gasteiger partial charge in [0.25, 0.3) is 0 Å². The van der Waals surface area contributed by atoms with Gasteiger partial charge in [0.1, 0.15) is 54.3 Å². The number of amides is 9. The van der Waals surface area contributed by atoms with Crippen LogP contribution < -0.4 is 42.0 Å². The third-order valence-electron chi connectivity index (χ3n) is 21.8. The van der Waals surface area contributed by atoms with Gasteiger partial charge in [0.05, 0.1) is 113 Å². The summed E-state index contributed by atoms with van der Waals surface area (Å²) in [5.74, 6) is 0.814. The Hall–Kier alpha value is -11.2.